The molecule has 1 amide bonds. The minimum Gasteiger partial charge on any atom is -0.325 e. The number of hydrogen-bond donors (Lipinski definition) is 1. The SMILES string of the molecule is Cc1cccc(C)c1NC(=O)[C@H](C)Sc1ccc(F)c(F)c1. The molecule has 2 nitrogen and oxygen atoms in total. The van der Waals surface area contributed by atoms with Crippen molar-refractivity contribution in [3.63, 3.8) is 0 Å². The first kappa shape index (κ1) is 16.5. The lowest BCUT2D eigenvalue weighted by atomic mass is 10.1. The van der Waals surface area contributed by atoms with E-state index in [-0.39, 0.29) is 5.91 Å². The number of anilines is 1. The van der Waals surface area contributed by atoms with Crippen molar-refractivity contribution in [1.82, 2.24) is 0 Å². The lowest BCUT2D eigenvalue weighted by Crippen LogP contribution is -2.23. The molecule has 0 spiro atoms. The monoisotopic (exact) mass is 321 g/mol. The van der Waals surface area contributed by atoms with Crippen LogP contribution in [-0.4, -0.2) is 11.2 Å². The highest BCUT2D eigenvalue weighted by molar-refractivity contribution is 8.00. The maximum atomic E-state index is 13.2. The Morgan fingerprint density at radius 3 is 2.32 bits per heavy atom. The van der Waals surface area contributed by atoms with Gasteiger partial charge in [0.05, 0.1) is 5.25 Å². The standard InChI is InChI=1S/C17H17F2NOS/c1-10-5-4-6-11(2)16(10)20-17(21)12(3)22-13-7-8-14(18)15(19)9-13/h4-9,12H,1-3H3,(H,20,21)/t12-/m0/s1. The van der Waals surface area contributed by atoms with Crippen LogP contribution in [-0.2, 0) is 4.79 Å². The van der Waals surface area contributed by atoms with E-state index < -0.39 is 16.9 Å². The Balaban J connectivity index is 2.07. The Kier molecular flexibility index (Phi) is 5.19. The molecular weight excluding hydrogens is 304 g/mol. The number of nitrogens with one attached hydrogen (secondary N) is 1. The van der Waals surface area contributed by atoms with E-state index in [4.69, 9.17) is 0 Å². The third-order valence-corrected chi connectivity index (χ3v) is 4.40. The Labute approximate surface area is 132 Å². The van der Waals surface area contributed by atoms with E-state index in [1.807, 2.05) is 32.0 Å². The fourth-order valence-electron chi connectivity index (χ4n) is 2.04. The number of aryl methyl sites for hydroxylation is 2. The van der Waals surface area contributed by atoms with Gasteiger partial charge in [0.1, 0.15) is 0 Å². The molecule has 0 saturated carbocycles. The van der Waals surface area contributed by atoms with Crippen LogP contribution in [0.4, 0.5) is 14.5 Å². The Morgan fingerprint density at radius 2 is 1.73 bits per heavy atom. The van der Waals surface area contributed by atoms with Gasteiger partial charge in [-0.2, -0.15) is 0 Å². The number of halogens is 2. The molecule has 0 saturated heterocycles. The van der Waals surface area contributed by atoms with Crippen molar-refractivity contribution in [3.05, 3.63) is 59.2 Å². The summed E-state index contributed by atoms with van der Waals surface area (Å²) in [5.74, 6) is -1.98. The van der Waals surface area contributed by atoms with Crippen molar-refractivity contribution in [1.29, 1.82) is 0 Å². The van der Waals surface area contributed by atoms with Crippen molar-refractivity contribution < 1.29 is 13.6 Å². The third kappa shape index (κ3) is 3.85. The summed E-state index contributed by atoms with van der Waals surface area (Å²) in [7, 11) is 0. The largest absolute Gasteiger partial charge is 0.325 e. The molecule has 2 aromatic carbocycles. The molecule has 1 N–H and O–H groups in total. The summed E-state index contributed by atoms with van der Waals surface area (Å²) in [5.41, 5.74) is 2.77. The number of benzene rings is 2. The molecule has 0 aliphatic heterocycles. The second-order valence-corrected chi connectivity index (χ2v) is 6.51. The van der Waals surface area contributed by atoms with Crippen LogP contribution in [0.2, 0.25) is 0 Å². The topological polar surface area (TPSA) is 29.1 Å². The summed E-state index contributed by atoms with van der Waals surface area (Å²) in [6.07, 6.45) is 0. The number of para-hydroxylation sites is 1. The fraction of sp³-hybridized carbons (Fsp3) is 0.235. The normalized spacial score (nSPS) is 12.0. The van der Waals surface area contributed by atoms with Crippen LogP contribution < -0.4 is 5.32 Å². The highest BCUT2D eigenvalue weighted by Crippen LogP contribution is 2.27. The molecule has 0 aliphatic rings. The molecule has 5 heteroatoms. The molecule has 0 aromatic heterocycles. The van der Waals surface area contributed by atoms with Gasteiger partial charge in [0.15, 0.2) is 11.6 Å². The quantitative estimate of drug-likeness (QED) is 0.827. The summed E-state index contributed by atoms with van der Waals surface area (Å²) in [4.78, 5) is 12.8. The first-order chi connectivity index (χ1) is 10.4. The molecule has 0 fully saturated rings. The number of carbonyl (C=O) groups excluding carboxylic acids is 1. The molecule has 0 aliphatic carbocycles. The van der Waals surface area contributed by atoms with Crippen LogP contribution in [0, 0.1) is 25.5 Å². The highest BCUT2D eigenvalue weighted by Gasteiger charge is 2.17. The van der Waals surface area contributed by atoms with Gasteiger partial charge in [-0.1, -0.05) is 18.2 Å². The van der Waals surface area contributed by atoms with Crippen LogP contribution >= 0.6 is 11.8 Å². The maximum absolute atomic E-state index is 13.2. The zero-order valence-corrected chi connectivity index (χ0v) is 13.4. The summed E-state index contributed by atoms with van der Waals surface area (Å²) in [6.45, 7) is 5.58. The van der Waals surface area contributed by atoms with Crippen LogP contribution in [0.15, 0.2) is 41.3 Å². The third-order valence-electron chi connectivity index (χ3n) is 3.30. The lowest BCUT2D eigenvalue weighted by molar-refractivity contribution is -0.115. The van der Waals surface area contributed by atoms with Gasteiger partial charge in [-0.3, -0.25) is 4.79 Å². The molecular formula is C17H17F2NOS. The Bertz CT molecular complexity index is 683. The summed E-state index contributed by atoms with van der Waals surface area (Å²) in [5, 5.41) is 2.47. The van der Waals surface area contributed by atoms with Gasteiger partial charge in [0, 0.05) is 10.6 Å². The average molecular weight is 321 g/mol. The second kappa shape index (κ2) is 6.92. The van der Waals surface area contributed by atoms with Gasteiger partial charge in [0.25, 0.3) is 0 Å². The molecule has 0 heterocycles. The molecule has 116 valence electrons. The van der Waals surface area contributed by atoms with Gasteiger partial charge in [-0.15, -0.1) is 11.8 Å². The molecule has 22 heavy (non-hydrogen) atoms. The number of thioether (sulfide) groups is 1. The first-order valence-electron chi connectivity index (χ1n) is 6.87. The van der Waals surface area contributed by atoms with Crippen LogP contribution in [0.1, 0.15) is 18.1 Å². The van der Waals surface area contributed by atoms with E-state index >= 15 is 0 Å². The van der Waals surface area contributed by atoms with Crippen molar-refractivity contribution >= 4 is 23.4 Å². The van der Waals surface area contributed by atoms with E-state index in [0.29, 0.717) is 4.90 Å². The summed E-state index contributed by atoms with van der Waals surface area (Å²) >= 11 is 1.19. The lowest BCUT2D eigenvalue weighted by Gasteiger charge is -2.15. The van der Waals surface area contributed by atoms with E-state index in [1.165, 1.54) is 17.8 Å². The molecule has 0 unspecified atom stereocenters. The minimum absolute atomic E-state index is 0.174. The Hall–Kier alpha value is -1.88. The van der Waals surface area contributed by atoms with Crippen LogP contribution in [0.5, 0.6) is 0 Å². The predicted molar refractivity (Wildman–Crippen MR) is 86.2 cm³/mol. The fourth-order valence-corrected chi connectivity index (χ4v) is 2.94. The van der Waals surface area contributed by atoms with Crippen molar-refractivity contribution in [2.45, 2.75) is 30.9 Å². The van der Waals surface area contributed by atoms with Gasteiger partial charge < -0.3 is 5.32 Å². The van der Waals surface area contributed by atoms with E-state index in [1.54, 1.807) is 6.92 Å². The van der Waals surface area contributed by atoms with Crippen molar-refractivity contribution in [2.75, 3.05) is 5.32 Å². The molecule has 2 rings (SSSR count). The second-order valence-electron chi connectivity index (χ2n) is 5.09. The smallest absolute Gasteiger partial charge is 0.237 e. The summed E-state index contributed by atoms with van der Waals surface area (Å²) < 4.78 is 26.1. The number of hydrogen-bond acceptors (Lipinski definition) is 2. The van der Waals surface area contributed by atoms with E-state index in [2.05, 4.69) is 5.32 Å². The van der Waals surface area contributed by atoms with E-state index in [0.717, 1.165) is 28.9 Å². The molecule has 1 atom stereocenters. The van der Waals surface area contributed by atoms with Crippen LogP contribution in [0.3, 0.4) is 0 Å². The van der Waals surface area contributed by atoms with Gasteiger partial charge in [-0.05, 0) is 50.1 Å². The maximum Gasteiger partial charge on any atom is 0.237 e. The zero-order chi connectivity index (χ0) is 16.3. The van der Waals surface area contributed by atoms with Gasteiger partial charge in [0.2, 0.25) is 5.91 Å². The molecule has 0 bridgehead atoms. The predicted octanol–water partition coefficient (Wildman–Crippen LogP) is 4.70. The average Bonchev–Trinajstić information content (AvgIpc) is 2.46. The number of amides is 1. The van der Waals surface area contributed by atoms with Crippen LogP contribution in [0.25, 0.3) is 0 Å². The number of rotatable bonds is 4. The molecule has 2 aromatic rings. The number of carbonyl (C=O) groups is 1. The molecule has 0 radical (unpaired) electrons. The first-order valence-corrected chi connectivity index (χ1v) is 7.75. The summed E-state index contributed by atoms with van der Waals surface area (Å²) in [6, 6.07) is 9.41. The van der Waals surface area contributed by atoms with Crippen molar-refractivity contribution in [2.24, 2.45) is 0 Å². The van der Waals surface area contributed by atoms with Crippen molar-refractivity contribution in [3.8, 4) is 0 Å². The highest BCUT2D eigenvalue weighted by atomic mass is 32.2. The minimum atomic E-state index is -0.910. The van der Waals surface area contributed by atoms with E-state index in [9.17, 15) is 13.6 Å². The van der Waals surface area contributed by atoms with Gasteiger partial charge in [-0.25, -0.2) is 8.78 Å². The Morgan fingerprint density at radius 1 is 1.09 bits per heavy atom. The zero-order valence-electron chi connectivity index (χ0n) is 12.6. The van der Waals surface area contributed by atoms with Gasteiger partial charge >= 0.3 is 0 Å².